The van der Waals surface area contributed by atoms with Gasteiger partial charge in [-0.05, 0) is 30.3 Å². The van der Waals surface area contributed by atoms with Gasteiger partial charge in [0, 0.05) is 0 Å². The van der Waals surface area contributed by atoms with Crippen molar-refractivity contribution >= 4 is 38.3 Å². The van der Waals surface area contributed by atoms with Crippen LogP contribution in [0.25, 0.3) is 11.0 Å². The molecule has 0 amide bonds. The highest BCUT2D eigenvalue weighted by Gasteiger charge is 2.18. The number of aromatic nitrogens is 3. The molecule has 0 saturated heterocycles. The van der Waals surface area contributed by atoms with E-state index in [0.717, 1.165) is 0 Å². The number of benzene rings is 2. The molecule has 0 aliphatic rings. The fraction of sp³-hybridized carbons (Fsp3) is 0.0769. The van der Waals surface area contributed by atoms with Crippen molar-refractivity contribution in [2.24, 2.45) is 0 Å². The molecule has 2 N–H and O–H groups in total. The van der Waals surface area contributed by atoms with Crippen LogP contribution in [0.1, 0.15) is 0 Å². The monoisotopic (exact) mass is 338 g/mol. The fourth-order valence-corrected chi connectivity index (χ4v) is 3.38. The second kappa shape index (κ2) is 5.47. The van der Waals surface area contributed by atoms with E-state index in [9.17, 15) is 8.42 Å². The molecular formula is C13H11ClN4O3S. The van der Waals surface area contributed by atoms with Gasteiger partial charge in [-0.1, -0.05) is 17.7 Å². The third-order valence-corrected chi connectivity index (χ3v) is 4.68. The lowest BCUT2D eigenvalue weighted by molar-refractivity contribution is 0.414. The van der Waals surface area contributed by atoms with E-state index in [0.29, 0.717) is 22.5 Å². The van der Waals surface area contributed by atoms with Crippen molar-refractivity contribution in [3.8, 4) is 5.75 Å². The number of fused-ring (bicyclic) bond motifs is 1. The first-order valence-corrected chi connectivity index (χ1v) is 8.03. The Bertz CT molecular complexity index is 939. The highest BCUT2D eigenvalue weighted by Crippen LogP contribution is 2.28. The number of hydrogen-bond acceptors (Lipinski definition) is 5. The normalized spacial score (nSPS) is 11.5. The summed E-state index contributed by atoms with van der Waals surface area (Å²) in [5, 5.41) is 10.5. The van der Waals surface area contributed by atoms with Crippen LogP contribution in [-0.2, 0) is 10.0 Å². The summed E-state index contributed by atoms with van der Waals surface area (Å²) in [6.45, 7) is 0. The van der Waals surface area contributed by atoms with Gasteiger partial charge in [0.25, 0.3) is 10.0 Å². The Morgan fingerprint density at radius 3 is 2.77 bits per heavy atom. The number of methoxy groups -OCH3 is 1. The maximum Gasteiger partial charge on any atom is 0.262 e. The lowest BCUT2D eigenvalue weighted by atomic mass is 10.3. The smallest absolute Gasteiger partial charge is 0.262 e. The van der Waals surface area contributed by atoms with Crippen LogP contribution in [0, 0.1) is 0 Å². The standard InChI is InChI=1S/C13H11ClN4O3S/c1-21-12-6-5-8(7-9(12)14)22(19,20)17-11-4-2-3-10-13(11)16-18-15-10/h2-7,17H,1H3,(H,15,16,18). The maximum atomic E-state index is 12.5. The first-order chi connectivity index (χ1) is 10.5. The Morgan fingerprint density at radius 2 is 2.05 bits per heavy atom. The number of aromatic amines is 1. The average molecular weight is 339 g/mol. The zero-order chi connectivity index (χ0) is 15.7. The molecule has 9 heteroatoms. The third kappa shape index (κ3) is 2.58. The van der Waals surface area contributed by atoms with E-state index in [4.69, 9.17) is 16.3 Å². The SMILES string of the molecule is COc1ccc(S(=O)(=O)Nc2cccc3n[nH]nc23)cc1Cl. The molecule has 0 atom stereocenters. The van der Waals surface area contributed by atoms with Gasteiger partial charge in [-0.25, -0.2) is 8.42 Å². The van der Waals surface area contributed by atoms with Gasteiger partial charge in [-0.2, -0.15) is 15.4 Å². The van der Waals surface area contributed by atoms with E-state index < -0.39 is 10.0 Å². The van der Waals surface area contributed by atoms with Gasteiger partial charge in [-0.15, -0.1) is 0 Å². The second-order valence-corrected chi connectivity index (χ2v) is 6.49. The molecule has 7 nitrogen and oxygen atoms in total. The Hall–Kier alpha value is -2.32. The van der Waals surface area contributed by atoms with Crippen LogP contribution in [0.5, 0.6) is 5.75 Å². The Kier molecular flexibility index (Phi) is 3.63. The number of hydrogen-bond donors (Lipinski definition) is 2. The molecule has 0 bridgehead atoms. The van der Waals surface area contributed by atoms with Crippen LogP contribution in [-0.4, -0.2) is 30.9 Å². The number of nitrogens with one attached hydrogen (secondary N) is 2. The molecule has 1 aromatic heterocycles. The third-order valence-electron chi connectivity index (χ3n) is 3.02. The number of sulfonamides is 1. The van der Waals surface area contributed by atoms with Crippen LogP contribution < -0.4 is 9.46 Å². The van der Waals surface area contributed by atoms with E-state index in [1.807, 2.05) is 0 Å². The molecule has 22 heavy (non-hydrogen) atoms. The van der Waals surface area contributed by atoms with Gasteiger partial charge >= 0.3 is 0 Å². The molecule has 2 aromatic carbocycles. The molecule has 114 valence electrons. The summed E-state index contributed by atoms with van der Waals surface area (Å²) in [7, 11) is -2.34. The van der Waals surface area contributed by atoms with Crippen molar-refractivity contribution in [3.05, 3.63) is 41.4 Å². The highest BCUT2D eigenvalue weighted by molar-refractivity contribution is 7.92. The van der Waals surface area contributed by atoms with Crippen molar-refractivity contribution < 1.29 is 13.2 Å². The molecule has 3 rings (SSSR count). The summed E-state index contributed by atoms with van der Waals surface area (Å²) < 4.78 is 32.4. The Balaban J connectivity index is 2.00. The van der Waals surface area contributed by atoms with Crippen LogP contribution in [0.2, 0.25) is 5.02 Å². The van der Waals surface area contributed by atoms with Crippen molar-refractivity contribution in [1.82, 2.24) is 15.4 Å². The van der Waals surface area contributed by atoms with Gasteiger partial charge in [-0.3, -0.25) is 4.72 Å². The first kappa shape index (κ1) is 14.6. The largest absolute Gasteiger partial charge is 0.495 e. The molecule has 0 fully saturated rings. The highest BCUT2D eigenvalue weighted by atomic mass is 35.5. The number of anilines is 1. The summed E-state index contributed by atoms with van der Waals surface area (Å²) in [4.78, 5) is 0.0267. The van der Waals surface area contributed by atoms with E-state index in [1.54, 1.807) is 18.2 Å². The van der Waals surface area contributed by atoms with E-state index >= 15 is 0 Å². The first-order valence-electron chi connectivity index (χ1n) is 6.17. The number of nitrogens with zero attached hydrogens (tertiary/aromatic N) is 2. The van der Waals surface area contributed by atoms with E-state index in [1.165, 1.54) is 25.3 Å². The predicted octanol–water partition coefficient (Wildman–Crippen LogP) is 2.42. The van der Waals surface area contributed by atoms with E-state index in [-0.39, 0.29) is 9.92 Å². The number of rotatable bonds is 4. The maximum absolute atomic E-state index is 12.5. The van der Waals surface area contributed by atoms with Gasteiger partial charge in [0.15, 0.2) is 0 Å². The zero-order valence-electron chi connectivity index (χ0n) is 11.4. The average Bonchev–Trinajstić information content (AvgIpc) is 2.96. The van der Waals surface area contributed by atoms with Gasteiger partial charge < -0.3 is 4.74 Å². The quantitative estimate of drug-likeness (QED) is 0.761. The molecule has 0 aliphatic heterocycles. The van der Waals surface area contributed by atoms with Crippen molar-refractivity contribution in [1.29, 1.82) is 0 Å². The summed E-state index contributed by atoms with van der Waals surface area (Å²) in [5.74, 6) is 0.402. The predicted molar refractivity (Wildman–Crippen MR) is 82.7 cm³/mol. The fourth-order valence-electron chi connectivity index (χ4n) is 1.97. The summed E-state index contributed by atoms with van der Waals surface area (Å²) in [6.07, 6.45) is 0. The molecule has 3 aromatic rings. The summed E-state index contributed by atoms with van der Waals surface area (Å²) >= 11 is 5.97. The lowest BCUT2D eigenvalue weighted by Crippen LogP contribution is -2.13. The number of ether oxygens (including phenoxy) is 1. The minimum atomic E-state index is -3.80. The minimum absolute atomic E-state index is 0.0267. The molecule has 0 saturated carbocycles. The second-order valence-electron chi connectivity index (χ2n) is 4.40. The molecule has 0 aliphatic carbocycles. The lowest BCUT2D eigenvalue weighted by Gasteiger charge is -2.10. The molecule has 0 radical (unpaired) electrons. The number of halogens is 1. The Labute approximate surface area is 131 Å². The number of para-hydroxylation sites is 1. The van der Waals surface area contributed by atoms with Crippen molar-refractivity contribution in [2.45, 2.75) is 4.90 Å². The van der Waals surface area contributed by atoms with Crippen LogP contribution >= 0.6 is 11.6 Å². The number of H-pyrrole nitrogens is 1. The molecule has 0 unspecified atom stereocenters. The van der Waals surface area contributed by atoms with Crippen molar-refractivity contribution in [2.75, 3.05) is 11.8 Å². The minimum Gasteiger partial charge on any atom is -0.495 e. The van der Waals surface area contributed by atoms with Crippen LogP contribution in [0.3, 0.4) is 0 Å². The van der Waals surface area contributed by atoms with Gasteiger partial charge in [0.05, 0.1) is 22.7 Å². The molecule has 1 heterocycles. The van der Waals surface area contributed by atoms with Gasteiger partial charge in [0.1, 0.15) is 16.8 Å². The molecule has 0 spiro atoms. The van der Waals surface area contributed by atoms with Gasteiger partial charge in [0.2, 0.25) is 0 Å². The van der Waals surface area contributed by atoms with Crippen LogP contribution in [0.15, 0.2) is 41.3 Å². The molecular weight excluding hydrogens is 328 g/mol. The van der Waals surface area contributed by atoms with Crippen LogP contribution in [0.4, 0.5) is 5.69 Å². The van der Waals surface area contributed by atoms with Crippen molar-refractivity contribution in [3.63, 3.8) is 0 Å². The van der Waals surface area contributed by atoms with E-state index in [2.05, 4.69) is 20.1 Å². The summed E-state index contributed by atoms with van der Waals surface area (Å²) in [5.41, 5.74) is 1.33. The zero-order valence-corrected chi connectivity index (χ0v) is 12.9. The topological polar surface area (TPSA) is 97.0 Å². The Morgan fingerprint density at radius 1 is 1.23 bits per heavy atom. The summed E-state index contributed by atoms with van der Waals surface area (Å²) in [6, 6.07) is 9.24.